The van der Waals surface area contributed by atoms with Gasteiger partial charge in [-0.25, -0.2) is 0 Å². The van der Waals surface area contributed by atoms with Crippen molar-refractivity contribution in [3.05, 3.63) is 57.7 Å². The Balaban J connectivity index is 2.57. The zero-order valence-corrected chi connectivity index (χ0v) is 10.2. The van der Waals surface area contributed by atoms with Crippen molar-refractivity contribution in [1.29, 1.82) is 0 Å². The lowest BCUT2D eigenvalue weighted by Gasteiger charge is -2.05. The minimum atomic E-state index is 1.29. The highest BCUT2D eigenvalue weighted by Gasteiger charge is 2.01. The van der Waals surface area contributed by atoms with Crippen molar-refractivity contribution in [3.8, 4) is 11.1 Å². The fraction of sp³-hybridized carbons (Fsp3) is 0.0769. The van der Waals surface area contributed by atoms with Gasteiger partial charge in [0.05, 0.1) is 0 Å². The first-order valence-electron chi connectivity index (χ1n) is 4.59. The van der Waals surface area contributed by atoms with Crippen molar-refractivity contribution in [2.75, 3.05) is 0 Å². The summed E-state index contributed by atoms with van der Waals surface area (Å²) in [5, 5.41) is 0. The van der Waals surface area contributed by atoms with E-state index in [-0.39, 0.29) is 0 Å². The van der Waals surface area contributed by atoms with Crippen LogP contribution < -0.4 is 0 Å². The van der Waals surface area contributed by atoms with Gasteiger partial charge in [-0.05, 0) is 46.7 Å². The van der Waals surface area contributed by atoms with Crippen molar-refractivity contribution >= 4 is 22.6 Å². The molecule has 0 saturated heterocycles. The van der Waals surface area contributed by atoms with Gasteiger partial charge >= 0.3 is 0 Å². The molecule has 2 rings (SSSR count). The SMILES string of the molecule is Cc1ccc(I)c(-c2ccccc2)c1. The van der Waals surface area contributed by atoms with E-state index in [4.69, 9.17) is 0 Å². The van der Waals surface area contributed by atoms with Crippen LogP contribution in [0.2, 0.25) is 0 Å². The second-order valence-corrected chi connectivity index (χ2v) is 4.51. The first-order chi connectivity index (χ1) is 6.77. The second kappa shape index (κ2) is 4.13. The van der Waals surface area contributed by atoms with Crippen LogP contribution >= 0.6 is 22.6 Å². The number of rotatable bonds is 1. The van der Waals surface area contributed by atoms with Gasteiger partial charge in [0.25, 0.3) is 0 Å². The molecule has 2 aromatic carbocycles. The number of halogens is 1. The molecule has 0 N–H and O–H groups in total. The molecular formula is C13H11I. The normalized spacial score (nSPS) is 10.1. The number of aryl methyl sites for hydroxylation is 1. The van der Waals surface area contributed by atoms with E-state index < -0.39 is 0 Å². The molecule has 0 radical (unpaired) electrons. The van der Waals surface area contributed by atoms with Crippen LogP contribution in [0, 0.1) is 10.5 Å². The average Bonchev–Trinajstić information content (AvgIpc) is 2.23. The van der Waals surface area contributed by atoms with E-state index in [1.165, 1.54) is 20.3 Å². The molecule has 0 aliphatic heterocycles. The van der Waals surface area contributed by atoms with Crippen LogP contribution in [0.3, 0.4) is 0 Å². The van der Waals surface area contributed by atoms with Crippen LogP contribution in [0.25, 0.3) is 11.1 Å². The van der Waals surface area contributed by atoms with E-state index in [0.29, 0.717) is 0 Å². The predicted molar refractivity (Wildman–Crippen MR) is 69.3 cm³/mol. The van der Waals surface area contributed by atoms with Crippen molar-refractivity contribution in [2.24, 2.45) is 0 Å². The summed E-state index contributed by atoms with van der Waals surface area (Å²) in [5.41, 5.74) is 3.93. The van der Waals surface area contributed by atoms with Crippen LogP contribution in [-0.4, -0.2) is 0 Å². The Morgan fingerprint density at radius 1 is 0.929 bits per heavy atom. The maximum Gasteiger partial charge on any atom is 0.0208 e. The van der Waals surface area contributed by atoms with Gasteiger partial charge in [-0.1, -0.05) is 48.0 Å². The highest BCUT2D eigenvalue weighted by Crippen LogP contribution is 2.25. The van der Waals surface area contributed by atoms with Crippen LogP contribution in [0.15, 0.2) is 48.5 Å². The average molecular weight is 294 g/mol. The first-order valence-corrected chi connectivity index (χ1v) is 5.67. The van der Waals surface area contributed by atoms with E-state index >= 15 is 0 Å². The highest BCUT2D eigenvalue weighted by atomic mass is 127. The summed E-state index contributed by atoms with van der Waals surface area (Å²) < 4.78 is 1.31. The number of hydrogen-bond acceptors (Lipinski definition) is 0. The van der Waals surface area contributed by atoms with E-state index in [1.54, 1.807) is 0 Å². The third-order valence-electron chi connectivity index (χ3n) is 2.21. The highest BCUT2D eigenvalue weighted by molar-refractivity contribution is 14.1. The summed E-state index contributed by atoms with van der Waals surface area (Å²) in [5.74, 6) is 0. The van der Waals surface area contributed by atoms with E-state index in [9.17, 15) is 0 Å². The van der Waals surface area contributed by atoms with Crippen molar-refractivity contribution in [3.63, 3.8) is 0 Å². The lowest BCUT2D eigenvalue weighted by molar-refractivity contribution is 1.45. The van der Waals surface area contributed by atoms with Crippen LogP contribution in [0.4, 0.5) is 0 Å². The third-order valence-corrected chi connectivity index (χ3v) is 3.15. The van der Waals surface area contributed by atoms with Gasteiger partial charge in [0.2, 0.25) is 0 Å². The minimum absolute atomic E-state index is 1.29. The van der Waals surface area contributed by atoms with Gasteiger partial charge in [0.1, 0.15) is 0 Å². The van der Waals surface area contributed by atoms with Gasteiger partial charge in [0.15, 0.2) is 0 Å². The molecule has 0 atom stereocenters. The molecular weight excluding hydrogens is 283 g/mol. The second-order valence-electron chi connectivity index (χ2n) is 3.35. The van der Waals surface area contributed by atoms with Gasteiger partial charge in [-0.2, -0.15) is 0 Å². The Labute approximate surface area is 98.1 Å². The topological polar surface area (TPSA) is 0 Å². The molecule has 0 heterocycles. The van der Waals surface area contributed by atoms with Gasteiger partial charge in [0, 0.05) is 3.57 Å². The Bertz CT molecular complexity index is 432. The fourth-order valence-corrected chi connectivity index (χ4v) is 2.12. The molecule has 1 heteroatoms. The summed E-state index contributed by atoms with van der Waals surface area (Å²) in [7, 11) is 0. The quantitative estimate of drug-likeness (QED) is 0.689. The van der Waals surface area contributed by atoms with E-state index in [1.807, 2.05) is 6.07 Å². The smallest absolute Gasteiger partial charge is 0.0208 e. The molecule has 0 aromatic heterocycles. The molecule has 0 nitrogen and oxygen atoms in total. The summed E-state index contributed by atoms with van der Waals surface area (Å²) in [6, 6.07) is 17.0. The van der Waals surface area contributed by atoms with E-state index in [0.717, 1.165) is 0 Å². The zero-order chi connectivity index (χ0) is 9.97. The van der Waals surface area contributed by atoms with Crippen molar-refractivity contribution < 1.29 is 0 Å². The summed E-state index contributed by atoms with van der Waals surface area (Å²) in [6.07, 6.45) is 0. The lowest BCUT2D eigenvalue weighted by Crippen LogP contribution is -1.83. The van der Waals surface area contributed by atoms with Crippen molar-refractivity contribution in [2.45, 2.75) is 6.92 Å². The number of benzene rings is 2. The molecule has 0 spiro atoms. The minimum Gasteiger partial charge on any atom is -0.0622 e. The molecule has 14 heavy (non-hydrogen) atoms. The lowest BCUT2D eigenvalue weighted by atomic mass is 10.0. The molecule has 0 saturated carbocycles. The van der Waals surface area contributed by atoms with Crippen molar-refractivity contribution in [1.82, 2.24) is 0 Å². The maximum absolute atomic E-state index is 2.38. The zero-order valence-electron chi connectivity index (χ0n) is 8.00. The maximum atomic E-state index is 2.38. The fourth-order valence-electron chi connectivity index (χ4n) is 1.48. The molecule has 70 valence electrons. The van der Waals surface area contributed by atoms with Crippen LogP contribution in [-0.2, 0) is 0 Å². The molecule has 0 aliphatic rings. The molecule has 0 amide bonds. The third kappa shape index (κ3) is 1.98. The Hall–Kier alpha value is -0.830. The molecule has 0 unspecified atom stereocenters. The molecule has 0 bridgehead atoms. The molecule has 0 fully saturated rings. The van der Waals surface area contributed by atoms with Crippen LogP contribution in [0.1, 0.15) is 5.56 Å². The van der Waals surface area contributed by atoms with Gasteiger partial charge in [-0.15, -0.1) is 0 Å². The summed E-state index contributed by atoms with van der Waals surface area (Å²) in [6.45, 7) is 2.13. The molecule has 2 aromatic rings. The largest absolute Gasteiger partial charge is 0.0622 e. The standard InChI is InChI=1S/C13H11I/c1-10-7-8-13(14)12(9-10)11-5-3-2-4-6-11/h2-9H,1H3. The van der Waals surface area contributed by atoms with Gasteiger partial charge < -0.3 is 0 Å². The Morgan fingerprint density at radius 2 is 1.64 bits per heavy atom. The monoisotopic (exact) mass is 294 g/mol. The van der Waals surface area contributed by atoms with Crippen LogP contribution in [0.5, 0.6) is 0 Å². The molecule has 0 aliphatic carbocycles. The predicted octanol–water partition coefficient (Wildman–Crippen LogP) is 4.27. The Morgan fingerprint density at radius 3 is 2.36 bits per heavy atom. The van der Waals surface area contributed by atoms with Gasteiger partial charge in [-0.3, -0.25) is 0 Å². The van der Waals surface area contributed by atoms with E-state index in [2.05, 4.69) is 72.0 Å². The number of hydrogen-bond donors (Lipinski definition) is 0. The summed E-state index contributed by atoms with van der Waals surface area (Å²) >= 11 is 2.38. The first kappa shape index (κ1) is 9.71. The Kier molecular flexibility index (Phi) is 2.87. The summed E-state index contributed by atoms with van der Waals surface area (Å²) in [4.78, 5) is 0.